The summed E-state index contributed by atoms with van der Waals surface area (Å²) in [6.07, 6.45) is 6.30. The molecule has 3 amide bonds. The Kier molecular flexibility index (Phi) is 8.52. The smallest absolute Gasteiger partial charge is 0.315 e. The first-order chi connectivity index (χ1) is 12.7. The molecule has 1 aliphatic rings. The molecule has 6 heteroatoms. The number of urea groups is 1. The molecule has 0 bridgehead atoms. The second kappa shape index (κ2) is 11.2. The number of para-hydroxylation sites is 1. The highest BCUT2D eigenvalue weighted by Gasteiger charge is 2.15. The lowest BCUT2D eigenvalue weighted by atomic mass is 10.2. The number of ether oxygens (including phenoxy) is 1. The molecule has 2 N–H and O–H groups in total. The average Bonchev–Trinajstić information content (AvgIpc) is 2.86. The number of rotatable bonds is 9. The molecule has 0 aromatic heterocycles. The van der Waals surface area contributed by atoms with Crippen molar-refractivity contribution in [3.8, 4) is 5.75 Å². The third-order valence-corrected chi connectivity index (χ3v) is 4.33. The fraction of sp³-hybridized carbons (Fsp3) is 0.500. The van der Waals surface area contributed by atoms with Gasteiger partial charge in [-0.15, -0.1) is 0 Å². The minimum Gasteiger partial charge on any atom is -0.489 e. The summed E-state index contributed by atoms with van der Waals surface area (Å²) >= 11 is 0. The normalized spacial score (nSPS) is 14.5. The van der Waals surface area contributed by atoms with Gasteiger partial charge in [-0.2, -0.15) is 0 Å². The summed E-state index contributed by atoms with van der Waals surface area (Å²) in [4.78, 5) is 25.8. The van der Waals surface area contributed by atoms with Gasteiger partial charge < -0.3 is 20.3 Å². The summed E-state index contributed by atoms with van der Waals surface area (Å²) in [6.45, 7) is 6.55. The Morgan fingerprint density at radius 1 is 1.23 bits per heavy atom. The summed E-state index contributed by atoms with van der Waals surface area (Å²) in [6, 6.07) is 7.38. The first-order valence-electron chi connectivity index (χ1n) is 9.32. The van der Waals surface area contributed by atoms with Crippen LogP contribution in [0.2, 0.25) is 0 Å². The van der Waals surface area contributed by atoms with E-state index in [0.29, 0.717) is 32.7 Å². The topological polar surface area (TPSA) is 70.7 Å². The SMILES string of the molecule is C=CCOc1ccccc1CNC(=O)NCCCN1CCCCCC1=O. The van der Waals surface area contributed by atoms with Crippen molar-refractivity contribution in [2.45, 2.75) is 38.6 Å². The van der Waals surface area contributed by atoms with Gasteiger partial charge in [0.1, 0.15) is 12.4 Å². The molecule has 1 saturated heterocycles. The standard InChI is InChI=1S/C20H29N3O3/c1-2-15-26-18-10-6-5-9-17(18)16-22-20(25)21-12-8-14-23-13-7-3-4-11-19(23)24/h2,5-6,9-10H,1,3-4,7-8,11-16H2,(H2,21,22,25). The van der Waals surface area contributed by atoms with Crippen LogP contribution in [0.25, 0.3) is 0 Å². The van der Waals surface area contributed by atoms with Crippen molar-refractivity contribution >= 4 is 11.9 Å². The number of likely N-dealkylation sites (tertiary alicyclic amines) is 1. The van der Waals surface area contributed by atoms with E-state index >= 15 is 0 Å². The largest absolute Gasteiger partial charge is 0.489 e. The molecular formula is C20H29N3O3. The molecular weight excluding hydrogens is 330 g/mol. The summed E-state index contributed by atoms with van der Waals surface area (Å²) < 4.78 is 5.58. The number of carbonyl (C=O) groups is 2. The van der Waals surface area contributed by atoms with Crippen molar-refractivity contribution in [3.63, 3.8) is 0 Å². The van der Waals surface area contributed by atoms with Gasteiger partial charge in [0.15, 0.2) is 0 Å². The molecule has 1 aromatic carbocycles. The van der Waals surface area contributed by atoms with E-state index in [9.17, 15) is 9.59 Å². The van der Waals surface area contributed by atoms with E-state index in [0.717, 1.165) is 43.5 Å². The van der Waals surface area contributed by atoms with E-state index in [2.05, 4.69) is 17.2 Å². The van der Waals surface area contributed by atoms with Crippen molar-refractivity contribution in [3.05, 3.63) is 42.5 Å². The number of nitrogens with zero attached hydrogens (tertiary/aromatic N) is 1. The lowest BCUT2D eigenvalue weighted by Gasteiger charge is -2.20. The monoisotopic (exact) mass is 359 g/mol. The zero-order valence-corrected chi connectivity index (χ0v) is 15.3. The van der Waals surface area contributed by atoms with Crippen molar-refractivity contribution in [2.75, 3.05) is 26.2 Å². The van der Waals surface area contributed by atoms with Crippen molar-refractivity contribution < 1.29 is 14.3 Å². The molecule has 0 saturated carbocycles. The Hall–Kier alpha value is -2.50. The molecule has 0 atom stereocenters. The maximum atomic E-state index is 12.0. The van der Waals surface area contributed by atoms with E-state index in [1.807, 2.05) is 29.2 Å². The van der Waals surface area contributed by atoms with Crippen molar-refractivity contribution in [1.82, 2.24) is 15.5 Å². The molecule has 1 heterocycles. The predicted molar refractivity (Wildman–Crippen MR) is 102 cm³/mol. The number of carbonyl (C=O) groups excluding carboxylic acids is 2. The van der Waals surface area contributed by atoms with Gasteiger partial charge in [-0.3, -0.25) is 4.79 Å². The minimum absolute atomic E-state index is 0.217. The van der Waals surface area contributed by atoms with Crippen LogP contribution in [0.1, 0.15) is 37.7 Å². The van der Waals surface area contributed by atoms with E-state index < -0.39 is 0 Å². The van der Waals surface area contributed by atoms with Gasteiger partial charge in [0.25, 0.3) is 0 Å². The van der Waals surface area contributed by atoms with Gasteiger partial charge in [0.2, 0.25) is 5.91 Å². The Morgan fingerprint density at radius 3 is 2.92 bits per heavy atom. The number of amides is 3. The van der Waals surface area contributed by atoms with Gasteiger partial charge in [0, 0.05) is 38.2 Å². The zero-order chi connectivity index (χ0) is 18.6. The number of benzene rings is 1. The fourth-order valence-electron chi connectivity index (χ4n) is 2.92. The van der Waals surface area contributed by atoms with Crippen LogP contribution < -0.4 is 15.4 Å². The van der Waals surface area contributed by atoms with E-state index in [4.69, 9.17) is 4.74 Å². The Morgan fingerprint density at radius 2 is 2.08 bits per heavy atom. The minimum atomic E-state index is -0.217. The molecule has 0 radical (unpaired) electrons. The summed E-state index contributed by atoms with van der Waals surface area (Å²) in [5, 5.41) is 5.68. The first-order valence-corrected chi connectivity index (χ1v) is 9.32. The van der Waals surface area contributed by atoms with Crippen molar-refractivity contribution in [1.29, 1.82) is 0 Å². The molecule has 1 fully saturated rings. The molecule has 1 aromatic rings. The van der Waals surface area contributed by atoms with E-state index in [-0.39, 0.29) is 11.9 Å². The van der Waals surface area contributed by atoms with E-state index in [1.165, 1.54) is 0 Å². The summed E-state index contributed by atoms with van der Waals surface area (Å²) in [5.74, 6) is 0.982. The van der Waals surface area contributed by atoms with Crippen LogP contribution in [-0.2, 0) is 11.3 Å². The van der Waals surface area contributed by atoms with Crippen LogP contribution >= 0.6 is 0 Å². The van der Waals surface area contributed by atoms with Gasteiger partial charge >= 0.3 is 6.03 Å². The third-order valence-electron chi connectivity index (χ3n) is 4.33. The summed E-state index contributed by atoms with van der Waals surface area (Å²) in [5.41, 5.74) is 0.916. The maximum Gasteiger partial charge on any atom is 0.315 e. The van der Waals surface area contributed by atoms with Crippen LogP contribution in [0.5, 0.6) is 5.75 Å². The van der Waals surface area contributed by atoms with Crippen LogP contribution in [0.3, 0.4) is 0 Å². The maximum absolute atomic E-state index is 12.0. The summed E-state index contributed by atoms with van der Waals surface area (Å²) in [7, 11) is 0. The van der Waals surface area contributed by atoms with Crippen LogP contribution in [0.15, 0.2) is 36.9 Å². The highest BCUT2D eigenvalue weighted by molar-refractivity contribution is 5.76. The molecule has 1 aliphatic heterocycles. The molecule has 142 valence electrons. The van der Waals surface area contributed by atoms with Gasteiger partial charge in [-0.05, 0) is 25.3 Å². The molecule has 0 aliphatic carbocycles. The van der Waals surface area contributed by atoms with Gasteiger partial charge in [-0.1, -0.05) is 37.3 Å². The molecule has 0 spiro atoms. The van der Waals surface area contributed by atoms with Gasteiger partial charge in [-0.25, -0.2) is 4.79 Å². The zero-order valence-electron chi connectivity index (χ0n) is 15.3. The van der Waals surface area contributed by atoms with Gasteiger partial charge in [0.05, 0.1) is 0 Å². The molecule has 2 rings (SSSR count). The van der Waals surface area contributed by atoms with Crippen LogP contribution in [0.4, 0.5) is 4.79 Å². The third kappa shape index (κ3) is 6.78. The quantitative estimate of drug-likeness (QED) is 0.526. The predicted octanol–water partition coefficient (Wildman–Crippen LogP) is 2.84. The highest BCUT2D eigenvalue weighted by atomic mass is 16.5. The number of hydrogen-bond donors (Lipinski definition) is 2. The fourth-order valence-corrected chi connectivity index (χ4v) is 2.92. The number of nitrogens with one attached hydrogen (secondary N) is 2. The lowest BCUT2D eigenvalue weighted by molar-refractivity contribution is -0.130. The number of hydrogen-bond acceptors (Lipinski definition) is 3. The highest BCUT2D eigenvalue weighted by Crippen LogP contribution is 2.17. The van der Waals surface area contributed by atoms with Crippen molar-refractivity contribution in [2.24, 2.45) is 0 Å². The first kappa shape index (κ1) is 19.8. The Balaban J connectivity index is 1.66. The average molecular weight is 359 g/mol. The van der Waals surface area contributed by atoms with Crippen LogP contribution in [0, 0.1) is 0 Å². The lowest BCUT2D eigenvalue weighted by Crippen LogP contribution is -2.38. The van der Waals surface area contributed by atoms with E-state index in [1.54, 1.807) is 6.08 Å². The molecule has 0 unspecified atom stereocenters. The molecule has 6 nitrogen and oxygen atoms in total. The Bertz CT molecular complexity index is 604. The Labute approximate surface area is 155 Å². The second-order valence-electron chi connectivity index (χ2n) is 6.36. The van der Waals surface area contributed by atoms with Crippen LogP contribution in [-0.4, -0.2) is 43.1 Å². The molecule has 26 heavy (non-hydrogen) atoms. The second-order valence-corrected chi connectivity index (χ2v) is 6.36.